The SMILES string of the molecule is c1ccc(-n2c3ccccc3c3cc(-c4c5ccccc5c(-c5ccc6oc7cccc(-c8c9ccccc9c(-c9ccc%10c(c9)c9ccccc9n%10-c9ccccc9)c9ccccc89)c7c6c5)c5ccccc45)ccc32)cc1. The molecule has 0 saturated heterocycles. The van der Waals surface area contributed by atoms with E-state index in [1.165, 1.54) is 120 Å². The zero-order chi connectivity index (χ0) is 51.7. The number of aromatic nitrogens is 2. The largest absolute Gasteiger partial charge is 0.456 e. The first-order valence-corrected chi connectivity index (χ1v) is 27.2. The summed E-state index contributed by atoms with van der Waals surface area (Å²) in [4.78, 5) is 0. The molecule has 0 bridgehead atoms. The van der Waals surface area contributed by atoms with Crippen LogP contribution in [0.1, 0.15) is 0 Å². The third-order valence-electron chi connectivity index (χ3n) is 16.9. The molecule has 14 aromatic carbocycles. The van der Waals surface area contributed by atoms with Crippen molar-refractivity contribution in [1.82, 2.24) is 9.13 Å². The minimum Gasteiger partial charge on any atom is -0.456 e. The van der Waals surface area contributed by atoms with Crippen LogP contribution in [0.5, 0.6) is 0 Å². The van der Waals surface area contributed by atoms with E-state index in [0.29, 0.717) is 0 Å². The average Bonchev–Trinajstić information content (AvgIpc) is 4.25. The topological polar surface area (TPSA) is 23.0 Å². The Morgan fingerprint density at radius 1 is 0.215 bits per heavy atom. The van der Waals surface area contributed by atoms with E-state index in [2.05, 4.69) is 288 Å². The molecule has 0 unspecified atom stereocenters. The molecule has 0 atom stereocenters. The minimum atomic E-state index is 0.868. The summed E-state index contributed by atoms with van der Waals surface area (Å²) in [6.07, 6.45) is 0. The molecular weight excluding hydrogens is 957 g/mol. The second-order valence-electron chi connectivity index (χ2n) is 21.0. The fraction of sp³-hybridized carbons (Fsp3) is 0. The maximum Gasteiger partial charge on any atom is 0.136 e. The Labute approximate surface area is 454 Å². The quantitative estimate of drug-likeness (QED) is 0.152. The van der Waals surface area contributed by atoms with Crippen LogP contribution >= 0.6 is 0 Å². The monoisotopic (exact) mass is 1000 g/mol. The summed E-state index contributed by atoms with van der Waals surface area (Å²) in [5.41, 5.74) is 18.4. The van der Waals surface area contributed by atoms with Gasteiger partial charge in [-0.25, -0.2) is 0 Å². The van der Waals surface area contributed by atoms with Gasteiger partial charge in [0.15, 0.2) is 0 Å². The summed E-state index contributed by atoms with van der Waals surface area (Å²) in [7, 11) is 0. The molecule has 17 aromatic rings. The van der Waals surface area contributed by atoms with Crippen molar-refractivity contribution >= 4 is 109 Å². The van der Waals surface area contributed by atoms with Gasteiger partial charge in [-0.2, -0.15) is 0 Å². The van der Waals surface area contributed by atoms with Gasteiger partial charge < -0.3 is 13.6 Å². The Balaban J connectivity index is 0.867. The van der Waals surface area contributed by atoms with Crippen LogP contribution in [0, 0.1) is 0 Å². The summed E-state index contributed by atoms with van der Waals surface area (Å²) in [6, 6.07) is 103. The molecular formula is C76H46N2O. The van der Waals surface area contributed by atoms with E-state index >= 15 is 0 Å². The van der Waals surface area contributed by atoms with Crippen molar-refractivity contribution in [2.45, 2.75) is 0 Å². The predicted octanol–water partition coefficient (Wildman–Crippen LogP) is 21.1. The summed E-state index contributed by atoms with van der Waals surface area (Å²) >= 11 is 0. The van der Waals surface area contributed by atoms with E-state index in [0.717, 1.165) is 44.4 Å². The van der Waals surface area contributed by atoms with Crippen LogP contribution in [0.3, 0.4) is 0 Å². The molecule has 0 aliphatic heterocycles. The molecule has 0 N–H and O–H groups in total. The van der Waals surface area contributed by atoms with Gasteiger partial charge in [-0.1, -0.05) is 200 Å². The van der Waals surface area contributed by atoms with Crippen LogP contribution in [-0.4, -0.2) is 9.13 Å². The summed E-state index contributed by atoms with van der Waals surface area (Å²) < 4.78 is 11.7. The van der Waals surface area contributed by atoms with E-state index in [4.69, 9.17) is 4.42 Å². The highest BCUT2D eigenvalue weighted by molar-refractivity contribution is 6.28. The van der Waals surface area contributed by atoms with Crippen LogP contribution in [0.15, 0.2) is 283 Å². The molecule has 3 nitrogen and oxygen atoms in total. The predicted molar refractivity (Wildman–Crippen MR) is 334 cm³/mol. The molecule has 0 amide bonds. The fourth-order valence-corrected chi connectivity index (χ4v) is 13.6. The van der Waals surface area contributed by atoms with Gasteiger partial charge in [-0.3, -0.25) is 0 Å². The normalized spacial score (nSPS) is 12.1. The molecule has 0 radical (unpaired) electrons. The van der Waals surface area contributed by atoms with Crippen LogP contribution in [0.2, 0.25) is 0 Å². The van der Waals surface area contributed by atoms with Crippen molar-refractivity contribution in [3.05, 3.63) is 279 Å². The first-order chi connectivity index (χ1) is 39.2. The summed E-state index contributed by atoms with van der Waals surface area (Å²) in [6.45, 7) is 0. The van der Waals surface area contributed by atoms with Gasteiger partial charge in [0.1, 0.15) is 11.2 Å². The second-order valence-corrected chi connectivity index (χ2v) is 21.0. The number of furan rings is 1. The number of hydrogen-bond acceptors (Lipinski definition) is 1. The Kier molecular flexibility index (Phi) is 9.42. The number of nitrogens with zero attached hydrogens (tertiary/aromatic N) is 2. The Hall–Kier alpha value is -10.5. The number of rotatable bonds is 6. The molecule has 3 heterocycles. The lowest BCUT2D eigenvalue weighted by Gasteiger charge is -2.19. The molecule has 17 rings (SSSR count). The zero-order valence-corrected chi connectivity index (χ0v) is 42.9. The average molecular weight is 1000 g/mol. The molecule has 0 aliphatic carbocycles. The smallest absolute Gasteiger partial charge is 0.136 e. The van der Waals surface area contributed by atoms with Crippen molar-refractivity contribution in [1.29, 1.82) is 0 Å². The molecule has 79 heavy (non-hydrogen) atoms. The van der Waals surface area contributed by atoms with Gasteiger partial charge in [-0.05, 0) is 166 Å². The van der Waals surface area contributed by atoms with Crippen molar-refractivity contribution in [3.8, 4) is 55.9 Å². The number of para-hydroxylation sites is 4. The van der Waals surface area contributed by atoms with E-state index in [9.17, 15) is 0 Å². The third kappa shape index (κ3) is 6.42. The molecule has 366 valence electrons. The van der Waals surface area contributed by atoms with Gasteiger partial charge in [-0.15, -0.1) is 0 Å². The highest BCUT2D eigenvalue weighted by Crippen LogP contribution is 2.50. The summed E-state index contributed by atoms with van der Waals surface area (Å²) in [5.74, 6) is 0. The van der Waals surface area contributed by atoms with Crippen molar-refractivity contribution in [3.63, 3.8) is 0 Å². The van der Waals surface area contributed by atoms with Gasteiger partial charge in [0.05, 0.1) is 22.1 Å². The standard InChI is InChI=1S/C76H46N2O/c1-3-20-50(21-4-1)77-66-35-17-15-24-52(66)63-44-47(38-41-68(63)77)72-54-26-7-9-28-56(54)74(57-29-10-8-27-55(57)72)49-40-43-70-65(46-49)76-62(34-19-37-71(76)79-70)75-60-32-13-11-30-58(60)73(59-31-12-14-33-61(59)75)48-39-42-69-64(45-48)53-25-16-18-36-67(53)78(69)51-22-5-2-6-23-51/h1-46H. The van der Waals surface area contributed by atoms with Crippen LogP contribution in [0.4, 0.5) is 0 Å². The molecule has 3 aromatic heterocycles. The van der Waals surface area contributed by atoms with Crippen molar-refractivity contribution in [2.75, 3.05) is 0 Å². The van der Waals surface area contributed by atoms with Gasteiger partial charge >= 0.3 is 0 Å². The maximum atomic E-state index is 6.88. The molecule has 0 saturated carbocycles. The van der Waals surface area contributed by atoms with E-state index < -0.39 is 0 Å². The number of hydrogen-bond donors (Lipinski definition) is 0. The lowest BCUT2D eigenvalue weighted by molar-refractivity contribution is 0.669. The van der Waals surface area contributed by atoms with E-state index in [1.54, 1.807) is 0 Å². The van der Waals surface area contributed by atoms with Crippen LogP contribution < -0.4 is 0 Å². The lowest BCUT2D eigenvalue weighted by Crippen LogP contribution is -1.93. The van der Waals surface area contributed by atoms with Crippen molar-refractivity contribution in [2.24, 2.45) is 0 Å². The molecule has 0 spiro atoms. The molecule has 3 heteroatoms. The third-order valence-corrected chi connectivity index (χ3v) is 16.9. The second kappa shape index (κ2) is 17.0. The lowest BCUT2D eigenvalue weighted by atomic mass is 9.84. The fourth-order valence-electron chi connectivity index (χ4n) is 13.6. The van der Waals surface area contributed by atoms with Crippen LogP contribution in [-0.2, 0) is 0 Å². The molecule has 0 aliphatic rings. The first-order valence-electron chi connectivity index (χ1n) is 27.2. The Morgan fingerprint density at radius 3 is 0.987 bits per heavy atom. The first kappa shape index (κ1) is 43.7. The maximum absolute atomic E-state index is 6.88. The summed E-state index contributed by atoms with van der Waals surface area (Å²) in [5, 5.41) is 16.9. The Bertz CT molecular complexity index is 5250. The minimum absolute atomic E-state index is 0.868. The van der Waals surface area contributed by atoms with E-state index in [-0.39, 0.29) is 0 Å². The van der Waals surface area contributed by atoms with Gasteiger partial charge in [0.2, 0.25) is 0 Å². The van der Waals surface area contributed by atoms with Crippen molar-refractivity contribution < 1.29 is 4.42 Å². The number of benzene rings is 14. The highest BCUT2D eigenvalue weighted by Gasteiger charge is 2.24. The van der Waals surface area contributed by atoms with Gasteiger partial charge in [0, 0.05) is 43.7 Å². The Morgan fingerprint density at radius 2 is 0.557 bits per heavy atom. The van der Waals surface area contributed by atoms with Gasteiger partial charge in [0.25, 0.3) is 0 Å². The van der Waals surface area contributed by atoms with E-state index in [1.807, 2.05) is 0 Å². The van der Waals surface area contributed by atoms with Crippen LogP contribution in [0.25, 0.3) is 165 Å². The molecule has 0 fully saturated rings. The highest BCUT2D eigenvalue weighted by atomic mass is 16.3. The zero-order valence-electron chi connectivity index (χ0n) is 42.9. The number of fused-ring (bicyclic) bond motifs is 13.